The van der Waals surface area contributed by atoms with Gasteiger partial charge in [0, 0.05) is 41.2 Å². The van der Waals surface area contributed by atoms with Gasteiger partial charge in [-0.25, -0.2) is 0 Å². The lowest BCUT2D eigenvalue weighted by atomic mass is 9.83. The second-order valence-corrected chi connectivity index (χ2v) is 7.69. The Hall–Kier alpha value is -3.15. The SMILES string of the molecule is CN1/C(=C\C=C2\C=Nc3cc(C(F)(F)F)ccc3C2=O)C(C)(C)c2ccccc21. The Labute approximate surface area is 166 Å². The first kappa shape index (κ1) is 19.2. The number of halogens is 3. The molecule has 0 atom stereocenters. The molecule has 3 nitrogen and oxygen atoms in total. The van der Waals surface area contributed by atoms with Gasteiger partial charge in [-0.15, -0.1) is 0 Å². The molecule has 29 heavy (non-hydrogen) atoms. The van der Waals surface area contributed by atoms with E-state index < -0.39 is 11.7 Å². The summed E-state index contributed by atoms with van der Waals surface area (Å²) in [6.45, 7) is 4.23. The van der Waals surface area contributed by atoms with Crippen molar-refractivity contribution in [1.29, 1.82) is 0 Å². The summed E-state index contributed by atoms with van der Waals surface area (Å²) in [6, 6.07) is 11.1. The molecule has 0 unspecified atom stereocenters. The number of alkyl halides is 3. The number of anilines is 1. The van der Waals surface area contributed by atoms with Crippen LogP contribution in [-0.4, -0.2) is 19.0 Å². The monoisotopic (exact) mass is 396 g/mol. The van der Waals surface area contributed by atoms with Crippen LogP contribution in [-0.2, 0) is 11.6 Å². The zero-order valence-corrected chi connectivity index (χ0v) is 16.2. The number of benzene rings is 2. The molecule has 0 fully saturated rings. The van der Waals surface area contributed by atoms with Crippen molar-refractivity contribution in [2.45, 2.75) is 25.4 Å². The van der Waals surface area contributed by atoms with Crippen LogP contribution in [0.1, 0.15) is 35.3 Å². The number of hydrogen-bond donors (Lipinski definition) is 0. The first-order valence-corrected chi connectivity index (χ1v) is 9.16. The van der Waals surface area contributed by atoms with E-state index in [0.29, 0.717) is 5.57 Å². The number of aliphatic imine (C=N–C) groups is 1. The fourth-order valence-electron chi connectivity index (χ4n) is 3.95. The number of fused-ring (bicyclic) bond motifs is 2. The Morgan fingerprint density at radius 3 is 2.48 bits per heavy atom. The maximum Gasteiger partial charge on any atom is 0.416 e. The van der Waals surface area contributed by atoms with E-state index in [0.717, 1.165) is 23.5 Å². The summed E-state index contributed by atoms with van der Waals surface area (Å²) in [7, 11) is 1.97. The van der Waals surface area contributed by atoms with Crippen molar-refractivity contribution >= 4 is 23.4 Å². The molecule has 0 aromatic heterocycles. The maximum atomic E-state index is 12.9. The van der Waals surface area contributed by atoms with Crippen LogP contribution in [0.4, 0.5) is 24.5 Å². The summed E-state index contributed by atoms with van der Waals surface area (Å²) < 4.78 is 38.7. The number of likely N-dealkylation sites (N-methyl/N-ethyl adjacent to an activating group) is 1. The molecular formula is C23H19F3N2O. The van der Waals surface area contributed by atoms with Crippen molar-refractivity contribution in [2.24, 2.45) is 4.99 Å². The third-order valence-electron chi connectivity index (χ3n) is 5.54. The zero-order valence-electron chi connectivity index (χ0n) is 16.2. The maximum absolute atomic E-state index is 12.9. The molecule has 148 valence electrons. The topological polar surface area (TPSA) is 32.7 Å². The van der Waals surface area contributed by atoms with Gasteiger partial charge < -0.3 is 4.90 Å². The fraction of sp³-hybridized carbons (Fsp3) is 0.217. The first-order chi connectivity index (χ1) is 13.6. The molecule has 0 saturated heterocycles. The van der Waals surface area contributed by atoms with E-state index in [-0.39, 0.29) is 22.4 Å². The van der Waals surface area contributed by atoms with Gasteiger partial charge >= 0.3 is 6.18 Å². The van der Waals surface area contributed by atoms with Gasteiger partial charge in [0.05, 0.1) is 11.3 Å². The number of rotatable bonds is 1. The van der Waals surface area contributed by atoms with E-state index in [2.05, 4.69) is 29.8 Å². The number of carbonyl (C=O) groups excluding carboxylic acids is 1. The van der Waals surface area contributed by atoms with Gasteiger partial charge in [-0.3, -0.25) is 9.79 Å². The summed E-state index contributed by atoms with van der Waals surface area (Å²) in [6.07, 6.45) is 0.430. The highest BCUT2D eigenvalue weighted by atomic mass is 19.4. The van der Waals surface area contributed by atoms with Crippen molar-refractivity contribution in [2.75, 3.05) is 11.9 Å². The van der Waals surface area contributed by atoms with Crippen LogP contribution < -0.4 is 4.90 Å². The predicted octanol–water partition coefficient (Wildman–Crippen LogP) is 5.84. The van der Waals surface area contributed by atoms with Crippen LogP contribution in [0.2, 0.25) is 0 Å². The highest BCUT2D eigenvalue weighted by molar-refractivity contribution is 6.25. The summed E-state index contributed by atoms with van der Waals surface area (Å²) in [5, 5.41) is 0. The van der Waals surface area contributed by atoms with Crippen LogP contribution in [0.3, 0.4) is 0 Å². The number of Topliss-reactive ketones (excluding diaryl/α,β-unsaturated/α-hetero) is 1. The molecule has 2 aromatic rings. The minimum absolute atomic E-state index is 0.0420. The van der Waals surface area contributed by atoms with Crippen LogP contribution >= 0.6 is 0 Å². The molecule has 4 rings (SSSR count). The summed E-state index contributed by atoms with van der Waals surface area (Å²) in [5.74, 6) is -0.337. The van der Waals surface area contributed by atoms with Crippen molar-refractivity contribution < 1.29 is 18.0 Å². The molecule has 0 amide bonds. The van der Waals surface area contributed by atoms with Gasteiger partial charge in [-0.2, -0.15) is 13.2 Å². The molecule has 2 aromatic carbocycles. The Morgan fingerprint density at radius 1 is 1.07 bits per heavy atom. The van der Waals surface area contributed by atoms with Gasteiger partial charge in [-0.1, -0.05) is 32.0 Å². The van der Waals surface area contributed by atoms with E-state index in [4.69, 9.17) is 0 Å². The number of nitrogens with zero attached hydrogens (tertiary/aromatic N) is 2. The highest BCUT2D eigenvalue weighted by Gasteiger charge is 2.38. The standard InChI is InChI=1S/C23H19F3N2O/c1-22(2)17-6-4-5-7-19(17)28(3)20(22)11-8-14-13-27-18-12-15(23(24,25)26)9-10-16(18)21(14)29/h4-13H,1-3H3/b14-8-,20-11-. The van der Waals surface area contributed by atoms with E-state index in [1.165, 1.54) is 17.8 Å². The van der Waals surface area contributed by atoms with E-state index in [1.807, 2.05) is 31.3 Å². The highest BCUT2D eigenvalue weighted by Crippen LogP contribution is 2.46. The summed E-state index contributed by atoms with van der Waals surface area (Å²) >= 11 is 0. The number of ketones is 1. The van der Waals surface area contributed by atoms with Crippen LogP contribution in [0.15, 0.2) is 70.9 Å². The van der Waals surface area contributed by atoms with Crippen LogP contribution in [0, 0.1) is 0 Å². The van der Waals surface area contributed by atoms with Gasteiger partial charge in [0.1, 0.15) is 0 Å². The van der Waals surface area contributed by atoms with Crippen LogP contribution in [0.5, 0.6) is 0 Å². The molecular weight excluding hydrogens is 377 g/mol. The Bertz CT molecular complexity index is 1110. The normalized spacial score (nSPS) is 20.3. The molecule has 0 radical (unpaired) electrons. The molecule has 6 heteroatoms. The largest absolute Gasteiger partial charge is 0.416 e. The van der Waals surface area contributed by atoms with Gasteiger partial charge in [-0.05, 0) is 42.0 Å². The number of para-hydroxylation sites is 1. The Balaban J connectivity index is 1.69. The molecule has 0 aliphatic carbocycles. The average molecular weight is 396 g/mol. The number of hydrogen-bond acceptors (Lipinski definition) is 3. The number of carbonyl (C=O) groups is 1. The predicted molar refractivity (Wildman–Crippen MR) is 108 cm³/mol. The van der Waals surface area contributed by atoms with Crippen molar-refractivity contribution in [1.82, 2.24) is 0 Å². The second kappa shape index (κ2) is 6.44. The van der Waals surface area contributed by atoms with E-state index >= 15 is 0 Å². The second-order valence-electron chi connectivity index (χ2n) is 7.69. The third-order valence-corrected chi connectivity index (χ3v) is 5.54. The van der Waals surface area contributed by atoms with Gasteiger partial charge in [0.25, 0.3) is 0 Å². The van der Waals surface area contributed by atoms with E-state index in [9.17, 15) is 18.0 Å². The van der Waals surface area contributed by atoms with Crippen molar-refractivity contribution in [3.8, 4) is 0 Å². The fourth-order valence-corrected chi connectivity index (χ4v) is 3.95. The van der Waals surface area contributed by atoms with Crippen molar-refractivity contribution in [3.63, 3.8) is 0 Å². The first-order valence-electron chi connectivity index (χ1n) is 9.16. The zero-order chi connectivity index (χ0) is 21.0. The van der Waals surface area contributed by atoms with E-state index in [1.54, 1.807) is 6.08 Å². The quantitative estimate of drug-likeness (QED) is 0.567. The smallest absolute Gasteiger partial charge is 0.347 e. The van der Waals surface area contributed by atoms with Gasteiger partial charge in [0.2, 0.25) is 0 Å². The lowest BCUT2D eigenvalue weighted by Crippen LogP contribution is -2.22. The molecule has 2 heterocycles. The molecule has 0 bridgehead atoms. The Kier molecular flexibility index (Phi) is 4.26. The van der Waals surface area contributed by atoms with Gasteiger partial charge in [0.15, 0.2) is 5.78 Å². The van der Waals surface area contributed by atoms with Crippen LogP contribution in [0.25, 0.3) is 0 Å². The minimum Gasteiger partial charge on any atom is -0.347 e. The van der Waals surface area contributed by atoms with Crippen molar-refractivity contribution in [3.05, 3.63) is 82.6 Å². The summed E-state index contributed by atoms with van der Waals surface area (Å²) in [5.41, 5.74) is 2.82. The lowest BCUT2D eigenvalue weighted by molar-refractivity contribution is -0.137. The Morgan fingerprint density at radius 2 is 1.79 bits per heavy atom. The lowest BCUT2D eigenvalue weighted by Gasteiger charge is -2.24. The molecule has 2 aliphatic heterocycles. The number of allylic oxidation sites excluding steroid dienone is 4. The molecule has 2 aliphatic rings. The molecule has 0 spiro atoms. The molecule has 0 N–H and O–H groups in total. The third kappa shape index (κ3) is 3.09. The summed E-state index contributed by atoms with van der Waals surface area (Å²) in [4.78, 5) is 18.9. The average Bonchev–Trinajstić information content (AvgIpc) is 2.87. The molecule has 0 saturated carbocycles. The minimum atomic E-state index is -4.47.